The van der Waals surface area contributed by atoms with E-state index in [-0.39, 0.29) is 29.5 Å². The third-order valence-electron chi connectivity index (χ3n) is 4.27. The van der Waals surface area contributed by atoms with Crippen molar-refractivity contribution in [3.8, 4) is 0 Å². The van der Waals surface area contributed by atoms with Gasteiger partial charge in [0.1, 0.15) is 15.9 Å². The molecule has 0 aromatic heterocycles. The first-order valence-corrected chi connectivity index (χ1v) is 9.21. The number of hydrogen-bond acceptors (Lipinski definition) is 4. The number of carbonyl (C=O) groups excluding carboxylic acids is 1. The lowest BCUT2D eigenvalue weighted by Crippen LogP contribution is -2.48. The van der Waals surface area contributed by atoms with Gasteiger partial charge in [-0.05, 0) is 37.3 Å². The third kappa shape index (κ3) is 3.37. The molecule has 114 valence electrons. The van der Waals surface area contributed by atoms with E-state index in [1.807, 2.05) is 18.2 Å². The predicted octanol–water partition coefficient (Wildman–Crippen LogP) is 1.11. The number of hydrogen-bond donors (Lipinski definition) is 2. The van der Waals surface area contributed by atoms with E-state index in [9.17, 15) is 13.2 Å². The van der Waals surface area contributed by atoms with Crippen LogP contribution in [0.25, 0.3) is 0 Å². The van der Waals surface area contributed by atoms with Gasteiger partial charge in [-0.25, -0.2) is 8.42 Å². The van der Waals surface area contributed by atoms with Crippen LogP contribution in [-0.2, 0) is 21.1 Å². The minimum atomic E-state index is -2.88. The molecule has 0 bridgehead atoms. The molecule has 1 aromatic carbocycles. The number of sulfone groups is 1. The van der Waals surface area contributed by atoms with Crippen LogP contribution in [0.2, 0.25) is 0 Å². The first-order chi connectivity index (χ1) is 10.0. The highest BCUT2D eigenvalue weighted by molar-refractivity contribution is 7.91. The summed E-state index contributed by atoms with van der Waals surface area (Å²) in [6.07, 6.45) is 2.71. The molecule has 1 amide bonds. The van der Waals surface area contributed by atoms with Gasteiger partial charge in [-0.15, -0.1) is 0 Å². The molecule has 5 nitrogen and oxygen atoms in total. The van der Waals surface area contributed by atoms with Crippen LogP contribution in [0.15, 0.2) is 24.3 Å². The second-order valence-corrected chi connectivity index (χ2v) is 8.13. The number of rotatable bonds is 2. The number of carbonyl (C=O) groups is 1. The maximum absolute atomic E-state index is 12.3. The lowest BCUT2D eigenvalue weighted by molar-refractivity contribution is -0.122. The van der Waals surface area contributed by atoms with Crippen LogP contribution in [0.4, 0.5) is 5.69 Å². The molecule has 2 N–H and O–H groups in total. The average Bonchev–Trinajstić information content (AvgIpc) is 2.49. The predicted molar refractivity (Wildman–Crippen MR) is 82.0 cm³/mol. The van der Waals surface area contributed by atoms with Crippen LogP contribution in [0.3, 0.4) is 0 Å². The number of anilines is 1. The average molecular weight is 308 g/mol. The minimum absolute atomic E-state index is 0.0139. The molecule has 3 rings (SSSR count). The van der Waals surface area contributed by atoms with Crippen LogP contribution < -0.4 is 10.6 Å². The number of nitrogens with one attached hydrogen (secondary N) is 2. The molecule has 1 saturated heterocycles. The fourth-order valence-electron chi connectivity index (χ4n) is 2.97. The molecule has 1 fully saturated rings. The molecule has 1 aromatic rings. The van der Waals surface area contributed by atoms with E-state index >= 15 is 0 Å². The molecule has 2 aliphatic heterocycles. The van der Waals surface area contributed by atoms with Gasteiger partial charge < -0.3 is 10.6 Å². The highest BCUT2D eigenvalue weighted by Crippen LogP contribution is 2.24. The molecule has 0 aliphatic carbocycles. The molecule has 21 heavy (non-hydrogen) atoms. The molecular weight excluding hydrogens is 288 g/mol. The monoisotopic (exact) mass is 308 g/mol. The molecule has 0 saturated carbocycles. The van der Waals surface area contributed by atoms with E-state index in [1.54, 1.807) is 0 Å². The topological polar surface area (TPSA) is 75.3 Å². The summed E-state index contributed by atoms with van der Waals surface area (Å²) in [6, 6.07) is 7.78. The molecular formula is C15H20N2O3S. The van der Waals surface area contributed by atoms with Crippen molar-refractivity contribution in [1.29, 1.82) is 0 Å². The Labute approximate surface area is 125 Å². The third-order valence-corrected chi connectivity index (χ3v) is 5.98. The Hall–Kier alpha value is -1.56. The van der Waals surface area contributed by atoms with Crippen LogP contribution >= 0.6 is 0 Å². The van der Waals surface area contributed by atoms with Crippen LogP contribution in [-0.4, -0.2) is 37.9 Å². The Morgan fingerprint density at radius 3 is 2.62 bits per heavy atom. The summed E-state index contributed by atoms with van der Waals surface area (Å²) in [4.78, 5) is 12.3. The van der Waals surface area contributed by atoms with Gasteiger partial charge in [0, 0.05) is 11.7 Å². The second-order valence-electron chi connectivity index (χ2n) is 5.83. The molecule has 0 spiro atoms. The van der Waals surface area contributed by atoms with E-state index in [4.69, 9.17) is 0 Å². The number of amides is 1. The zero-order chi connectivity index (χ0) is 14.9. The van der Waals surface area contributed by atoms with Gasteiger partial charge in [0.2, 0.25) is 5.91 Å². The summed E-state index contributed by atoms with van der Waals surface area (Å²) < 4.78 is 22.8. The Morgan fingerprint density at radius 1 is 1.14 bits per heavy atom. The quantitative estimate of drug-likeness (QED) is 0.858. The van der Waals surface area contributed by atoms with Gasteiger partial charge >= 0.3 is 0 Å². The van der Waals surface area contributed by atoms with Crippen molar-refractivity contribution in [2.75, 3.05) is 16.8 Å². The first kappa shape index (κ1) is 14.4. The first-order valence-electron chi connectivity index (χ1n) is 7.39. The van der Waals surface area contributed by atoms with Crippen molar-refractivity contribution < 1.29 is 13.2 Å². The molecule has 2 heterocycles. The SMILES string of the molecule is O=C(NC1CCS(=O)(=O)CC1)C1CCc2ccccc2N1. The minimum Gasteiger partial charge on any atom is -0.373 e. The lowest BCUT2D eigenvalue weighted by atomic mass is 9.97. The Bertz CT molecular complexity index is 628. The van der Waals surface area contributed by atoms with Crippen molar-refractivity contribution in [2.45, 2.75) is 37.8 Å². The zero-order valence-corrected chi connectivity index (χ0v) is 12.7. The fraction of sp³-hybridized carbons (Fsp3) is 0.533. The van der Waals surface area contributed by atoms with Gasteiger partial charge in [0.05, 0.1) is 11.5 Å². The van der Waals surface area contributed by atoms with E-state index < -0.39 is 9.84 Å². The lowest BCUT2D eigenvalue weighted by Gasteiger charge is -2.29. The summed E-state index contributed by atoms with van der Waals surface area (Å²) in [5.41, 5.74) is 2.26. The standard InChI is InChI=1S/C15H20N2O3S/c18-15(16-12-7-9-21(19,20)10-8-12)14-6-5-11-3-1-2-4-13(11)17-14/h1-4,12,14,17H,5-10H2,(H,16,18). The second kappa shape index (κ2) is 5.67. The Balaban J connectivity index is 1.58. The molecule has 6 heteroatoms. The van der Waals surface area contributed by atoms with Crippen molar-refractivity contribution in [1.82, 2.24) is 5.32 Å². The smallest absolute Gasteiger partial charge is 0.242 e. The van der Waals surface area contributed by atoms with Crippen LogP contribution in [0.1, 0.15) is 24.8 Å². The molecule has 1 unspecified atom stereocenters. The number of para-hydroxylation sites is 1. The van der Waals surface area contributed by atoms with E-state index in [0.29, 0.717) is 12.8 Å². The number of aryl methyl sites for hydroxylation is 1. The highest BCUT2D eigenvalue weighted by atomic mass is 32.2. The van der Waals surface area contributed by atoms with Gasteiger partial charge in [0.15, 0.2) is 0 Å². The summed E-state index contributed by atoms with van der Waals surface area (Å²) in [7, 11) is -2.88. The van der Waals surface area contributed by atoms with Crippen molar-refractivity contribution >= 4 is 21.4 Å². The fourth-order valence-corrected chi connectivity index (χ4v) is 4.46. The Kier molecular flexibility index (Phi) is 3.89. The summed E-state index contributed by atoms with van der Waals surface area (Å²) in [5, 5.41) is 6.26. The molecule has 1 atom stereocenters. The number of fused-ring (bicyclic) bond motifs is 1. The normalized spacial score (nSPS) is 24.7. The molecule has 2 aliphatic rings. The zero-order valence-electron chi connectivity index (χ0n) is 11.8. The summed E-state index contributed by atoms with van der Waals surface area (Å²) in [5.74, 6) is 0.339. The molecule has 0 radical (unpaired) electrons. The van der Waals surface area contributed by atoms with E-state index in [0.717, 1.165) is 18.5 Å². The van der Waals surface area contributed by atoms with Gasteiger partial charge in [-0.3, -0.25) is 4.79 Å². The van der Waals surface area contributed by atoms with E-state index in [1.165, 1.54) is 5.56 Å². The van der Waals surface area contributed by atoms with Crippen molar-refractivity contribution in [3.63, 3.8) is 0 Å². The van der Waals surface area contributed by atoms with Crippen LogP contribution in [0, 0.1) is 0 Å². The maximum Gasteiger partial charge on any atom is 0.242 e. The summed E-state index contributed by atoms with van der Waals surface area (Å²) >= 11 is 0. The Morgan fingerprint density at radius 2 is 1.86 bits per heavy atom. The van der Waals surface area contributed by atoms with Crippen molar-refractivity contribution in [3.05, 3.63) is 29.8 Å². The van der Waals surface area contributed by atoms with Gasteiger partial charge in [-0.1, -0.05) is 18.2 Å². The maximum atomic E-state index is 12.3. The van der Waals surface area contributed by atoms with Crippen LogP contribution in [0.5, 0.6) is 0 Å². The largest absolute Gasteiger partial charge is 0.373 e. The van der Waals surface area contributed by atoms with Gasteiger partial charge in [-0.2, -0.15) is 0 Å². The summed E-state index contributed by atoms with van der Waals surface area (Å²) in [6.45, 7) is 0. The van der Waals surface area contributed by atoms with Crippen molar-refractivity contribution in [2.24, 2.45) is 0 Å². The van der Waals surface area contributed by atoms with E-state index in [2.05, 4.69) is 16.7 Å². The van der Waals surface area contributed by atoms with Gasteiger partial charge in [0.25, 0.3) is 0 Å². The highest BCUT2D eigenvalue weighted by Gasteiger charge is 2.28. The number of benzene rings is 1.